The fraction of sp³-hybridized carbons (Fsp3) is 0.684. The summed E-state index contributed by atoms with van der Waals surface area (Å²) >= 11 is 0. The fourth-order valence-electron chi connectivity index (χ4n) is 2.95. The van der Waals surface area contributed by atoms with Crippen molar-refractivity contribution in [1.82, 2.24) is 15.2 Å². The van der Waals surface area contributed by atoms with Gasteiger partial charge in [0.15, 0.2) is 0 Å². The number of nitrogens with zero attached hydrogens (tertiary/aromatic N) is 2. The second-order valence-corrected chi connectivity index (χ2v) is 7.33. The van der Waals surface area contributed by atoms with E-state index >= 15 is 0 Å². The largest absolute Gasteiger partial charge is 0.475 e. The number of pyridine rings is 1. The summed E-state index contributed by atoms with van der Waals surface area (Å²) < 4.78 is 11.1. The lowest BCUT2D eigenvalue weighted by Gasteiger charge is -2.22. The van der Waals surface area contributed by atoms with Crippen LogP contribution in [0.2, 0.25) is 0 Å². The number of amides is 1. The van der Waals surface area contributed by atoms with Gasteiger partial charge in [-0.1, -0.05) is 6.92 Å². The SMILES string of the molecule is CCN1CCCC1CNC(=O)c1ccc(OCCOC(C)(C)C)nc1. The summed E-state index contributed by atoms with van der Waals surface area (Å²) in [5.41, 5.74) is 0.380. The van der Waals surface area contributed by atoms with E-state index in [2.05, 4.69) is 22.1 Å². The third-order valence-corrected chi connectivity index (χ3v) is 4.27. The molecule has 1 atom stereocenters. The Morgan fingerprint density at radius 3 is 2.80 bits per heavy atom. The number of hydrogen-bond donors (Lipinski definition) is 1. The number of carbonyl (C=O) groups excluding carboxylic acids is 1. The highest BCUT2D eigenvalue weighted by atomic mass is 16.5. The van der Waals surface area contributed by atoms with Gasteiger partial charge in [-0.05, 0) is 52.8 Å². The van der Waals surface area contributed by atoms with Crippen LogP contribution in [0.5, 0.6) is 5.88 Å². The Bertz CT molecular complexity index is 540. The van der Waals surface area contributed by atoms with Gasteiger partial charge in [0.1, 0.15) is 6.61 Å². The van der Waals surface area contributed by atoms with Gasteiger partial charge in [0.25, 0.3) is 5.91 Å². The maximum Gasteiger partial charge on any atom is 0.252 e. The smallest absolute Gasteiger partial charge is 0.252 e. The van der Waals surface area contributed by atoms with Crippen molar-refractivity contribution in [3.63, 3.8) is 0 Å². The third kappa shape index (κ3) is 6.63. The standard InChI is InChI=1S/C19H31N3O3/c1-5-22-10-6-7-16(22)14-21-18(23)15-8-9-17(20-13-15)24-11-12-25-19(2,3)4/h8-9,13,16H,5-7,10-12,14H2,1-4H3,(H,21,23). The van der Waals surface area contributed by atoms with Crippen molar-refractivity contribution in [3.05, 3.63) is 23.9 Å². The Kier molecular flexibility index (Phi) is 7.20. The second kappa shape index (κ2) is 9.15. The number of ether oxygens (including phenoxy) is 2. The van der Waals surface area contributed by atoms with Crippen molar-refractivity contribution in [1.29, 1.82) is 0 Å². The topological polar surface area (TPSA) is 63.7 Å². The molecular formula is C19H31N3O3. The first-order valence-electron chi connectivity index (χ1n) is 9.14. The summed E-state index contributed by atoms with van der Waals surface area (Å²) in [6.45, 7) is 12.0. The van der Waals surface area contributed by atoms with E-state index in [0.717, 1.165) is 19.5 Å². The molecule has 1 aliphatic heterocycles. The Balaban J connectivity index is 1.74. The zero-order valence-electron chi connectivity index (χ0n) is 15.9. The fourth-order valence-corrected chi connectivity index (χ4v) is 2.95. The van der Waals surface area contributed by atoms with Crippen LogP contribution in [-0.4, -0.2) is 60.3 Å². The molecule has 1 aliphatic rings. The Labute approximate surface area is 150 Å². The van der Waals surface area contributed by atoms with Gasteiger partial charge in [0, 0.05) is 24.8 Å². The van der Waals surface area contributed by atoms with E-state index < -0.39 is 0 Å². The molecule has 6 nitrogen and oxygen atoms in total. The van der Waals surface area contributed by atoms with Crippen LogP contribution in [0.15, 0.2) is 18.3 Å². The van der Waals surface area contributed by atoms with E-state index in [0.29, 0.717) is 37.2 Å². The van der Waals surface area contributed by atoms with E-state index in [1.165, 1.54) is 6.42 Å². The van der Waals surface area contributed by atoms with Gasteiger partial charge in [-0.2, -0.15) is 0 Å². The normalized spacial score (nSPS) is 18.3. The molecule has 0 saturated carbocycles. The molecule has 1 unspecified atom stereocenters. The minimum absolute atomic E-state index is 0.0851. The predicted octanol–water partition coefficient (Wildman–Crippen LogP) is 2.49. The number of likely N-dealkylation sites (tertiary alicyclic amines) is 1. The van der Waals surface area contributed by atoms with Gasteiger partial charge < -0.3 is 14.8 Å². The number of likely N-dealkylation sites (N-methyl/N-ethyl adjacent to an activating group) is 1. The first kappa shape index (κ1) is 19.7. The van der Waals surface area contributed by atoms with E-state index in [4.69, 9.17) is 9.47 Å². The van der Waals surface area contributed by atoms with Crippen LogP contribution in [0.3, 0.4) is 0 Å². The number of aromatic nitrogens is 1. The molecule has 1 aromatic rings. The van der Waals surface area contributed by atoms with Crippen LogP contribution in [0.25, 0.3) is 0 Å². The second-order valence-electron chi connectivity index (χ2n) is 7.33. The molecule has 2 rings (SSSR count). The zero-order valence-corrected chi connectivity index (χ0v) is 15.9. The van der Waals surface area contributed by atoms with Crippen molar-refractivity contribution in [2.45, 2.75) is 52.2 Å². The molecule has 0 bridgehead atoms. The molecule has 25 heavy (non-hydrogen) atoms. The lowest BCUT2D eigenvalue weighted by Crippen LogP contribution is -2.40. The van der Waals surface area contributed by atoms with Gasteiger partial charge >= 0.3 is 0 Å². The highest BCUT2D eigenvalue weighted by Crippen LogP contribution is 2.16. The molecular weight excluding hydrogens is 318 g/mol. The molecule has 1 fully saturated rings. The van der Waals surface area contributed by atoms with Crippen LogP contribution in [0, 0.1) is 0 Å². The molecule has 140 valence electrons. The predicted molar refractivity (Wildman–Crippen MR) is 98.0 cm³/mol. The van der Waals surface area contributed by atoms with Crippen molar-refractivity contribution in [3.8, 4) is 5.88 Å². The highest BCUT2D eigenvalue weighted by Gasteiger charge is 2.23. The van der Waals surface area contributed by atoms with Crippen LogP contribution >= 0.6 is 0 Å². The summed E-state index contributed by atoms with van der Waals surface area (Å²) in [5, 5.41) is 3.01. The molecule has 1 amide bonds. The van der Waals surface area contributed by atoms with Gasteiger partial charge in [-0.3, -0.25) is 9.69 Å². The lowest BCUT2D eigenvalue weighted by molar-refractivity contribution is -0.0168. The minimum atomic E-state index is -0.175. The molecule has 0 aromatic carbocycles. The third-order valence-electron chi connectivity index (χ3n) is 4.27. The van der Waals surface area contributed by atoms with Crippen molar-refractivity contribution < 1.29 is 14.3 Å². The summed E-state index contributed by atoms with van der Waals surface area (Å²) in [5.74, 6) is 0.417. The monoisotopic (exact) mass is 349 g/mol. The Morgan fingerprint density at radius 1 is 1.36 bits per heavy atom. The molecule has 1 saturated heterocycles. The van der Waals surface area contributed by atoms with Crippen molar-refractivity contribution >= 4 is 5.91 Å². The molecule has 0 spiro atoms. The summed E-state index contributed by atoms with van der Waals surface area (Å²) in [6, 6.07) is 3.92. The maximum absolute atomic E-state index is 12.2. The highest BCUT2D eigenvalue weighted by molar-refractivity contribution is 5.93. The lowest BCUT2D eigenvalue weighted by atomic mass is 10.2. The minimum Gasteiger partial charge on any atom is -0.475 e. The molecule has 0 aliphatic carbocycles. The molecule has 1 aromatic heterocycles. The molecule has 6 heteroatoms. The van der Waals surface area contributed by atoms with Gasteiger partial charge in [-0.25, -0.2) is 4.98 Å². The quantitative estimate of drug-likeness (QED) is 0.731. The average Bonchev–Trinajstić information content (AvgIpc) is 3.04. The van der Waals surface area contributed by atoms with Crippen LogP contribution in [0.4, 0.5) is 0 Å². The maximum atomic E-state index is 12.2. The summed E-state index contributed by atoms with van der Waals surface area (Å²) in [7, 11) is 0. The number of rotatable bonds is 8. The van der Waals surface area contributed by atoms with Crippen LogP contribution in [0.1, 0.15) is 50.9 Å². The van der Waals surface area contributed by atoms with Crippen LogP contribution in [-0.2, 0) is 4.74 Å². The van der Waals surface area contributed by atoms with Gasteiger partial charge in [0.05, 0.1) is 17.8 Å². The number of carbonyl (C=O) groups is 1. The van der Waals surface area contributed by atoms with E-state index in [1.54, 1.807) is 18.3 Å². The van der Waals surface area contributed by atoms with E-state index in [1.807, 2.05) is 20.8 Å². The van der Waals surface area contributed by atoms with E-state index in [-0.39, 0.29) is 11.5 Å². The number of hydrogen-bond acceptors (Lipinski definition) is 5. The Morgan fingerprint density at radius 2 is 2.16 bits per heavy atom. The van der Waals surface area contributed by atoms with Gasteiger partial charge in [-0.15, -0.1) is 0 Å². The molecule has 1 N–H and O–H groups in total. The van der Waals surface area contributed by atoms with Crippen molar-refractivity contribution in [2.24, 2.45) is 0 Å². The van der Waals surface area contributed by atoms with E-state index in [9.17, 15) is 4.79 Å². The van der Waals surface area contributed by atoms with Crippen LogP contribution < -0.4 is 10.1 Å². The molecule has 2 heterocycles. The van der Waals surface area contributed by atoms with Gasteiger partial charge in [0.2, 0.25) is 5.88 Å². The zero-order chi connectivity index (χ0) is 18.3. The summed E-state index contributed by atoms with van der Waals surface area (Å²) in [4.78, 5) is 18.9. The first-order valence-corrected chi connectivity index (χ1v) is 9.14. The Hall–Kier alpha value is -1.66. The number of nitrogens with one attached hydrogen (secondary N) is 1. The van der Waals surface area contributed by atoms with Crippen molar-refractivity contribution in [2.75, 3.05) is 32.8 Å². The first-order chi connectivity index (χ1) is 11.9. The summed E-state index contributed by atoms with van der Waals surface area (Å²) in [6.07, 6.45) is 3.91. The average molecular weight is 349 g/mol. The molecule has 0 radical (unpaired) electrons.